The zero-order chi connectivity index (χ0) is 12.1. The Balaban J connectivity index is 2.95. The van der Waals surface area contributed by atoms with Crippen LogP contribution in [0.15, 0.2) is 17.2 Å². The Hall–Kier alpha value is -1.21. The quantitative estimate of drug-likeness (QED) is 0.639. The molecule has 8 heteroatoms. The van der Waals surface area contributed by atoms with E-state index in [1.165, 1.54) is 0 Å². The van der Waals surface area contributed by atoms with Gasteiger partial charge in [0.1, 0.15) is 4.90 Å². The summed E-state index contributed by atoms with van der Waals surface area (Å²) in [5, 5.41) is -0.327. The second kappa shape index (κ2) is 3.39. The molecule has 0 saturated carbocycles. The number of rotatable bonds is 1. The third-order valence-electron chi connectivity index (χ3n) is 2.04. The first-order valence-electron chi connectivity index (χ1n) is 3.91. The molecular formula is C8H3ClF3NO2S. The molecule has 0 aliphatic heterocycles. The highest BCUT2D eigenvalue weighted by Crippen LogP contribution is 2.29. The number of hydrogen-bond acceptors (Lipinski definition) is 2. The summed E-state index contributed by atoms with van der Waals surface area (Å²) in [7, 11) is 0.890. The molecule has 0 amide bonds. The Labute approximate surface area is 92.3 Å². The number of benzene rings is 1. The molecule has 1 aromatic heterocycles. The predicted molar refractivity (Wildman–Crippen MR) is 51.2 cm³/mol. The molecule has 1 N–H and O–H groups in total. The van der Waals surface area contributed by atoms with Crippen LogP contribution in [0.5, 0.6) is 0 Å². The van der Waals surface area contributed by atoms with E-state index in [0.717, 1.165) is 6.20 Å². The molecule has 0 spiro atoms. The number of fused-ring (bicyclic) bond motifs is 1. The summed E-state index contributed by atoms with van der Waals surface area (Å²) in [6, 6.07) is 0.569. The molecule has 86 valence electrons. The van der Waals surface area contributed by atoms with Gasteiger partial charge < -0.3 is 4.98 Å². The summed E-state index contributed by atoms with van der Waals surface area (Å²) in [4.78, 5) is 1.69. The average Bonchev–Trinajstić information content (AvgIpc) is 2.57. The van der Waals surface area contributed by atoms with E-state index in [9.17, 15) is 21.6 Å². The van der Waals surface area contributed by atoms with Gasteiger partial charge in [-0.05, 0) is 6.07 Å². The fraction of sp³-hybridized carbons (Fsp3) is 0. The number of aromatic nitrogens is 1. The van der Waals surface area contributed by atoms with Gasteiger partial charge in [0, 0.05) is 22.3 Å². The lowest BCUT2D eigenvalue weighted by atomic mass is 10.2. The van der Waals surface area contributed by atoms with Crippen molar-refractivity contribution in [2.45, 2.75) is 4.90 Å². The zero-order valence-electron chi connectivity index (χ0n) is 7.39. The Morgan fingerprint density at radius 3 is 2.38 bits per heavy atom. The molecule has 0 fully saturated rings. The van der Waals surface area contributed by atoms with Gasteiger partial charge in [-0.25, -0.2) is 21.6 Å². The van der Waals surface area contributed by atoms with E-state index in [4.69, 9.17) is 10.7 Å². The first-order chi connectivity index (χ1) is 7.32. The van der Waals surface area contributed by atoms with Gasteiger partial charge in [-0.1, -0.05) is 0 Å². The zero-order valence-corrected chi connectivity index (χ0v) is 8.96. The summed E-state index contributed by atoms with van der Waals surface area (Å²) in [5.41, 5.74) is -0.446. The van der Waals surface area contributed by atoms with Gasteiger partial charge in [-0.15, -0.1) is 0 Å². The van der Waals surface area contributed by atoms with E-state index in [2.05, 4.69) is 4.98 Å². The lowest BCUT2D eigenvalue weighted by molar-refractivity contribution is 0.453. The highest BCUT2D eigenvalue weighted by atomic mass is 35.7. The molecule has 0 bridgehead atoms. The third-order valence-corrected chi connectivity index (χ3v) is 3.40. The van der Waals surface area contributed by atoms with Crippen LogP contribution in [0.3, 0.4) is 0 Å². The molecule has 2 rings (SSSR count). The van der Waals surface area contributed by atoms with E-state index >= 15 is 0 Å². The standard InChI is InChI=1S/C8H3ClF3NO2S/c9-16(14,15)5-2-13-8-3(5)1-4(10)6(11)7(8)12/h1-2,13H. The van der Waals surface area contributed by atoms with Crippen molar-refractivity contribution >= 4 is 30.6 Å². The minimum atomic E-state index is -4.15. The lowest BCUT2D eigenvalue weighted by Gasteiger charge is -1.98. The van der Waals surface area contributed by atoms with Gasteiger partial charge in [0.2, 0.25) is 0 Å². The Kier molecular flexibility index (Phi) is 2.39. The molecule has 1 heterocycles. The largest absolute Gasteiger partial charge is 0.357 e. The van der Waals surface area contributed by atoms with Crippen molar-refractivity contribution in [1.29, 1.82) is 0 Å². The summed E-state index contributed by atoms with van der Waals surface area (Å²) in [6.45, 7) is 0. The Bertz CT molecular complexity index is 680. The van der Waals surface area contributed by atoms with E-state index in [1.807, 2.05) is 0 Å². The average molecular weight is 270 g/mol. The van der Waals surface area contributed by atoms with Crippen LogP contribution in [0.1, 0.15) is 0 Å². The summed E-state index contributed by atoms with van der Waals surface area (Å²) >= 11 is 0. The SMILES string of the molecule is O=S(=O)(Cl)c1c[nH]c2c(F)c(F)c(F)cc12. The van der Waals surface area contributed by atoms with E-state index in [0.29, 0.717) is 6.07 Å². The third kappa shape index (κ3) is 1.56. The second-order valence-corrected chi connectivity index (χ2v) is 5.53. The van der Waals surface area contributed by atoms with Crippen LogP contribution in [0.25, 0.3) is 10.9 Å². The van der Waals surface area contributed by atoms with Crippen LogP contribution >= 0.6 is 10.7 Å². The van der Waals surface area contributed by atoms with Crippen LogP contribution in [0.2, 0.25) is 0 Å². The van der Waals surface area contributed by atoms with Crippen LogP contribution in [0, 0.1) is 17.5 Å². The molecule has 0 aliphatic carbocycles. The number of aromatic amines is 1. The van der Waals surface area contributed by atoms with E-state index in [-0.39, 0.29) is 5.39 Å². The topological polar surface area (TPSA) is 49.9 Å². The number of nitrogens with one attached hydrogen (secondary N) is 1. The Morgan fingerprint density at radius 1 is 1.19 bits per heavy atom. The number of hydrogen-bond donors (Lipinski definition) is 1. The minimum absolute atomic E-state index is 0.327. The van der Waals surface area contributed by atoms with Crippen LogP contribution < -0.4 is 0 Å². The summed E-state index contributed by atoms with van der Waals surface area (Å²) in [6.07, 6.45) is 0.870. The molecule has 0 radical (unpaired) electrons. The molecule has 0 saturated heterocycles. The van der Waals surface area contributed by atoms with Gasteiger partial charge in [-0.3, -0.25) is 0 Å². The molecule has 0 aliphatic rings. The maximum atomic E-state index is 13.2. The minimum Gasteiger partial charge on any atom is -0.357 e. The molecule has 3 nitrogen and oxygen atoms in total. The number of halogens is 4. The summed E-state index contributed by atoms with van der Waals surface area (Å²) in [5.74, 6) is -4.64. The van der Waals surface area contributed by atoms with Crippen LogP contribution in [0.4, 0.5) is 13.2 Å². The molecule has 1 aromatic carbocycles. The first kappa shape index (κ1) is 11.3. The van der Waals surface area contributed by atoms with Crippen molar-refractivity contribution in [3.05, 3.63) is 29.7 Å². The molecule has 0 atom stereocenters. The van der Waals surface area contributed by atoms with Gasteiger partial charge in [0.15, 0.2) is 17.5 Å². The second-order valence-electron chi connectivity index (χ2n) is 3.00. The van der Waals surface area contributed by atoms with Crippen molar-refractivity contribution in [3.63, 3.8) is 0 Å². The van der Waals surface area contributed by atoms with Gasteiger partial charge in [0.05, 0.1) is 5.52 Å². The van der Waals surface area contributed by atoms with Crippen molar-refractivity contribution in [2.24, 2.45) is 0 Å². The smallest absolute Gasteiger partial charge is 0.263 e. The van der Waals surface area contributed by atoms with E-state index < -0.39 is 36.9 Å². The lowest BCUT2D eigenvalue weighted by Crippen LogP contribution is -1.93. The fourth-order valence-electron chi connectivity index (χ4n) is 1.35. The highest BCUT2D eigenvalue weighted by molar-refractivity contribution is 8.14. The monoisotopic (exact) mass is 269 g/mol. The van der Waals surface area contributed by atoms with Crippen molar-refractivity contribution in [2.75, 3.05) is 0 Å². The van der Waals surface area contributed by atoms with Gasteiger partial charge >= 0.3 is 0 Å². The van der Waals surface area contributed by atoms with Crippen molar-refractivity contribution < 1.29 is 21.6 Å². The normalized spacial score (nSPS) is 12.2. The van der Waals surface area contributed by atoms with Gasteiger partial charge in [-0.2, -0.15) is 0 Å². The maximum Gasteiger partial charge on any atom is 0.263 e. The molecule has 2 aromatic rings. The maximum absolute atomic E-state index is 13.2. The molecule has 0 unspecified atom stereocenters. The van der Waals surface area contributed by atoms with Crippen LogP contribution in [-0.4, -0.2) is 13.4 Å². The van der Waals surface area contributed by atoms with E-state index in [1.54, 1.807) is 0 Å². The fourth-order valence-corrected chi connectivity index (χ4v) is 2.35. The predicted octanol–water partition coefficient (Wildman–Crippen LogP) is 2.51. The number of H-pyrrole nitrogens is 1. The highest BCUT2D eigenvalue weighted by Gasteiger charge is 2.22. The summed E-state index contributed by atoms with van der Waals surface area (Å²) < 4.78 is 60.9. The van der Waals surface area contributed by atoms with Crippen molar-refractivity contribution in [3.8, 4) is 0 Å². The van der Waals surface area contributed by atoms with Crippen LogP contribution in [-0.2, 0) is 9.05 Å². The first-order valence-corrected chi connectivity index (χ1v) is 6.22. The van der Waals surface area contributed by atoms with Crippen molar-refractivity contribution in [1.82, 2.24) is 4.98 Å². The molecular weight excluding hydrogens is 267 g/mol. The Morgan fingerprint density at radius 2 is 1.81 bits per heavy atom. The molecule has 16 heavy (non-hydrogen) atoms. The van der Waals surface area contributed by atoms with Gasteiger partial charge in [0.25, 0.3) is 9.05 Å².